The Kier molecular flexibility index (Phi) is 8.30. The van der Waals surface area contributed by atoms with Crippen molar-refractivity contribution >= 4 is 47.0 Å². The van der Waals surface area contributed by atoms with Crippen molar-refractivity contribution in [2.24, 2.45) is 0 Å². The second kappa shape index (κ2) is 11.2. The van der Waals surface area contributed by atoms with Crippen LogP contribution in [-0.4, -0.2) is 37.7 Å². The Morgan fingerprint density at radius 2 is 1.97 bits per heavy atom. The fraction of sp³-hybridized carbons (Fsp3) is 0.304. The summed E-state index contributed by atoms with van der Waals surface area (Å²) in [6.07, 6.45) is 2.71. The summed E-state index contributed by atoms with van der Waals surface area (Å²) in [5.41, 5.74) is 2.57. The summed E-state index contributed by atoms with van der Waals surface area (Å²) in [6, 6.07) is 11.5. The highest BCUT2D eigenvalue weighted by Crippen LogP contribution is 2.38. The summed E-state index contributed by atoms with van der Waals surface area (Å²) >= 11 is 7.75. The number of carbonyl (C=O) groups is 2. The molecule has 1 fully saturated rings. The minimum absolute atomic E-state index is 0.183. The van der Waals surface area contributed by atoms with Gasteiger partial charge in [0, 0.05) is 5.69 Å². The van der Waals surface area contributed by atoms with Crippen LogP contribution in [0.2, 0.25) is 5.02 Å². The molecule has 0 aliphatic carbocycles. The van der Waals surface area contributed by atoms with E-state index in [4.69, 9.17) is 21.1 Å². The van der Waals surface area contributed by atoms with Crippen molar-refractivity contribution in [1.29, 1.82) is 0 Å². The van der Waals surface area contributed by atoms with Gasteiger partial charge in [-0.15, -0.1) is 0 Å². The topological polar surface area (TPSA) is 85.9 Å². The van der Waals surface area contributed by atoms with Crippen molar-refractivity contribution in [2.75, 3.05) is 25.6 Å². The van der Waals surface area contributed by atoms with Gasteiger partial charge in [-0.05, 0) is 54.8 Å². The number of esters is 1. The summed E-state index contributed by atoms with van der Waals surface area (Å²) in [5, 5.41) is 6.47. The second-order valence-corrected chi connectivity index (χ2v) is 8.36. The Morgan fingerprint density at radius 3 is 2.62 bits per heavy atom. The molecule has 1 aliphatic heterocycles. The molecule has 170 valence electrons. The van der Waals surface area contributed by atoms with Gasteiger partial charge in [-0.2, -0.15) is 0 Å². The zero-order chi connectivity index (χ0) is 23.1. The van der Waals surface area contributed by atoms with E-state index < -0.39 is 5.97 Å². The van der Waals surface area contributed by atoms with Crippen LogP contribution in [-0.2, 0) is 20.7 Å². The molecule has 1 saturated heterocycles. The molecule has 7 nitrogen and oxygen atoms in total. The molecular weight excluding hydrogens is 452 g/mol. The first kappa shape index (κ1) is 23.8. The van der Waals surface area contributed by atoms with Gasteiger partial charge >= 0.3 is 5.97 Å². The lowest BCUT2D eigenvalue weighted by Crippen LogP contribution is -2.30. The number of methoxy groups -OCH3 is 1. The van der Waals surface area contributed by atoms with Crippen molar-refractivity contribution in [3.63, 3.8) is 0 Å². The quantitative estimate of drug-likeness (QED) is 0.408. The van der Waals surface area contributed by atoms with Crippen molar-refractivity contribution in [1.82, 2.24) is 5.32 Å². The summed E-state index contributed by atoms with van der Waals surface area (Å²) in [7, 11) is 1.28. The van der Waals surface area contributed by atoms with Gasteiger partial charge in [-0.25, -0.2) is 4.79 Å². The van der Waals surface area contributed by atoms with Gasteiger partial charge in [-0.3, -0.25) is 4.79 Å². The fourth-order valence-corrected chi connectivity index (χ4v) is 4.23. The zero-order valence-electron chi connectivity index (χ0n) is 18.1. The number of anilines is 1. The van der Waals surface area contributed by atoms with E-state index >= 15 is 0 Å². The molecule has 0 bridgehead atoms. The molecule has 3 rings (SSSR count). The first-order valence-corrected chi connectivity index (χ1v) is 11.4. The predicted molar refractivity (Wildman–Crippen MR) is 127 cm³/mol. The minimum Gasteiger partial charge on any atom is -0.490 e. The normalized spacial score (nSPS) is 16.6. The second-order valence-electron chi connectivity index (χ2n) is 6.80. The van der Waals surface area contributed by atoms with E-state index in [1.165, 1.54) is 24.4 Å². The van der Waals surface area contributed by atoms with Crippen molar-refractivity contribution < 1.29 is 23.8 Å². The lowest BCUT2D eigenvalue weighted by atomic mass is 10.1. The SMILES string of the molecule is CCOc1cc(/C=C2\S[C@@H](Nc3ccc(CC)cc3)NC2=O)cc(Cl)c1OCC(=O)OC. The van der Waals surface area contributed by atoms with Gasteiger partial charge < -0.3 is 24.8 Å². The highest BCUT2D eigenvalue weighted by molar-refractivity contribution is 8.05. The maximum Gasteiger partial charge on any atom is 0.343 e. The number of hydrogen-bond donors (Lipinski definition) is 2. The number of benzene rings is 2. The molecule has 1 amide bonds. The van der Waals surface area contributed by atoms with Crippen LogP contribution in [0.4, 0.5) is 5.69 Å². The Hall–Kier alpha value is -2.84. The standard InChI is InChI=1S/C23H25ClN2O5S/c1-4-14-6-8-16(9-7-14)25-23-26-22(28)19(32-23)12-15-10-17(24)21(18(11-15)30-5-2)31-13-20(27)29-3/h6-12,23,25H,4-5,13H2,1-3H3,(H,26,28)/b19-12-/t23-/m0/s1. The smallest absolute Gasteiger partial charge is 0.343 e. The Balaban J connectivity index is 1.75. The Morgan fingerprint density at radius 1 is 1.22 bits per heavy atom. The lowest BCUT2D eigenvalue weighted by Gasteiger charge is -2.14. The molecule has 9 heteroatoms. The molecule has 2 aromatic rings. The monoisotopic (exact) mass is 476 g/mol. The van der Waals surface area contributed by atoms with Crippen LogP contribution in [0.1, 0.15) is 25.0 Å². The number of aryl methyl sites for hydroxylation is 1. The summed E-state index contributed by atoms with van der Waals surface area (Å²) in [6.45, 7) is 4.02. The van der Waals surface area contributed by atoms with Crippen LogP contribution in [0.25, 0.3) is 6.08 Å². The third-order valence-electron chi connectivity index (χ3n) is 4.58. The zero-order valence-corrected chi connectivity index (χ0v) is 19.6. The molecule has 0 saturated carbocycles. The third-order valence-corrected chi connectivity index (χ3v) is 5.89. The van der Waals surface area contributed by atoms with Crippen molar-refractivity contribution in [2.45, 2.75) is 25.8 Å². The van der Waals surface area contributed by atoms with E-state index in [0.717, 1.165) is 12.1 Å². The van der Waals surface area contributed by atoms with E-state index in [1.807, 2.05) is 19.1 Å². The molecule has 2 N–H and O–H groups in total. The predicted octanol–water partition coefficient (Wildman–Crippen LogP) is 4.45. The van der Waals surface area contributed by atoms with Gasteiger partial charge in [-0.1, -0.05) is 42.4 Å². The van der Waals surface area contributed by atoms with Crippen LogP contribution >= 0.6 is 23.4 Å². The van der Waals surface area contributed by atoms with Crippen LogP contribution in [0, 0.1) is 0 Å². The molecule has 1 heterocycles. The van der Waals surface area contributed by atoms with Crippen LogP contribution in [0.3, 0.4) is 0 Å². The highest BCUT2D eigenvalue weighted by Gasteiger charge is 2.27. The Bertz CT molecular complexity index is 1010. The average Bonchev–Trinajstić information content (AvgIpc) is 3.12. The van der Waals surface area contributed by atoms with Gasteiger partial charge in [0.2, 0.25) is 0 Å². The van der Waals surface area contributed by atoms with Gasteiger partial charge in [0.25, 0.3) is 5.91 Å². The lowest BCUT2D eigenvalue weighted by molar-refractivity contribution is -0.142. The first-order chi connectivity index (χ1) is 15.4. The van der Waals surface area contributed by atoms with Crippen LogP contribution < -0.4 is 20.1 Å². The highest BCUT2D eigenvalue weighted by atomic mass is 35.5. The number of halogens is 1. The maximum absolute atomic E-state index is 12.5. The van der Waals surface area contributed by atoms with E-state index in [9.17, 15) is 9.59 Å². The van der Waals surface area contributed by atoms with E-state index in [2.05, 4.69) is 34.4 Å². The molecule has 0 unspecified atom stereocenters. The number of amides is 1. The summed E-state index contributed by atoms with van der Waals surface area (Å²) < 4.78 is 15.7. The number of rotatable bonds is 9. The summed E-state index contributed by atoms with van der Waals surface area (Å²) in [5.74, 6) is -0.0844. The number of nitrogens with one attached hydrogen (secondary N) is 2. The summed E-state index contributed by atoms with van der Waals surface area (Å²) in [4.78, 5) is 24.4. The average molecular weight is 477 g/mol. The fourth-order valence-electron chi connectivity index (χ4n) is 2.97. The number of hydrogen-bond acceptors (Lipinski definition) is 7. The van der Waals surface area contributed by atoms with E-state index in [1.54, 1.807) is 18.2 Å². The number of thioether (sulfide) groups is 1. The largest absolute Gasteiger partial charge is 0.490 e. The Labute approximate surface area is 196 Å². The first-order valence-electron chi connectivity index (χ1n) is 10.1. The number of ether oxygens (including phenoxy) is 3. The maximum atomic E-state index is 12.5. The molecule has 0 spiro atoms. The van der Waals surface area contributed by atoms with E-state index in [0.29, 0.717) is 22.8 Å². The molecule has 0 aromatic heterocycles. The van der Waals surface area contributed by atoms with Crippen LogP contribution in [0.15, 0.2) is 41.3 Å². The molecule has 1 atom stereocenters. The molecule has 1 aliphatic rings. The van der Waals surface area contributed by atoms with E-state index in [-0.39, 0.29) is 28.8 Å². The van der Waals surface area contributed by atoms with Gasteiger partial charge in [0.15, 0.2) is 23.6 Å². The van der Waals surface area contributed by atoms with Gasteiger partial charge in [0.05, 0.1) is 23.6 Å². The van der Waals surface area contributed by atoms with Gasteiger partial charge in [0.1, 0.15) is 0 Å². The van der Waals surface area contributed by atoms with Crippen LogP contribution in [0.5, 0.6) is 11.5 Å². The number of carbonyl (C=O) groups excluding carboxylic acids is 2. The molecule has 2 aromatic carbocycles. The van der Waals surface area contributed by atoms with Crippen molar-refractivity contribution in [3.05, 3.63) is 57.5 Å². The molecule has 0 radical (unpaired) electrons. The molecular formula is C23H25ClN2O5S. The minimum atomic E-state index is -0.531. The molecule has 32 heavy (non-hydrogen) atoms. The van der Waals surface area contributed by atoms with Crippen molar-refractivity contribution in [3.8, 4) is 11.5 Å². The third kappa shape index (κ3) is 6.11.